The van der Waals surface area contributed by atoms with Crippen LogP contribution in [0.5, 0.6) is 0 Å². The summed E-state index contributed by atoms with van der Waals surface area (Å²) in [5, 5.41) is 1.63. The minimum Gasteiger partial charge on any atom is -1.00 e. The van der Waals surface area contributed by atoms with Gasteiger partial charge in [0.15, 0.2) is 0 Å². The molecule has 1 aliphatic heterocycles. The Morgan fingerprint density at radius 2 is 1.58 bits per heavy atom. The van der Waals surface area contributed by atoms with Crippen molar-refractivity contribution in [3.05, 3.63) is 45.7 Å². The van der Waals surface area contributed by atoms with Gasteiger partial charge in [-0.15, -0.1) is 6.92 Å². The van der Waals surface area contributed by atoms with Gasteiger partial charge in [-0.25, -0.2) is 16.8 Å². The first-order chi connectivity index (χ1) is 9.66. The Labute approximate surface area is 182 Å². The van der Waals surface area contributed by atoms with E-state index in [-0.39, 0.29) is 56.4 Å². The normalized spacial score (nSPS) is 22.4. The van der Waals surface area contributed by atoms with Gasteiger partial charge in [0.1, 0.15) is 0 Å². The molecule has 0 aromatic rings. The Bertz CT molecular complexity index is 564. The van der Waals surface area contributed by atoms with Gasteiger partial charge in [0.25, 0.3) is 0 Å². The van der Waals surface area contributed by atoms with Gasteiger partial charge in [-0.05, 0) is 0 Å². The maximum atomic E-state index is 3.54. The molecule has 132 valence electrons. The minimum absolute atomic E-state index is 0. The summed E-state index contributed by atoms with van der Waals surface area (Å²) in [5.41, 5.74) is 5.84. The molecule has 1 saturated heterocycles. The van der Waals surface area contributed by atoms with Crippen LogP contribution in [0.15, 0.2) is 33.6 Å². The van der Waals surface area contributed by atoms with Crippen LogP contribution in [-0.4, -0.2) is 8.07 Å². The molecule has 0 nitrogen and oxygen atoms in total. The fourth-order valence-electron chi connectivity index (χ4n) is 3.37. The first-order valence-corrected chi connectivity index (χ1v) is 11.2. The summed E-state index contributed by atoms with van der Waals surface area (Å²) in [4.78, 5) is 0. The van der Waals surface area contributed by atoms with Crippen LogP contribution in [0.3, 0.4) is 0 Å². The predicted molar refractivity (Wildman–Crippen MR) is 95.6 cm³/mol. The monoisotopic (exact) mass is 458 g/mol. The Kier molecular flexibility index (Phi) is 11.3. The van der Waals surface area contributed by atoms with Gasteiger partial charge in [-0.2, -0.15) is 16.7 Å². The van der Waals surface area contributed by atoms with Gasteiger partial charge in [0.05, 0.1) is 0 Å². The van der Waals surface area contributed by atoms with Gasteiger partial charge < -0.3 is 24.8 Å². The minimum atomic E-state index is -0.876. The van der Waals surface area contributed by atoms with Gasteiger partial charge in [-0.1, -0.05) is 71.5 Å². The van der Waals surface area contributed by atoms with Crippen molar-refractivity contribution in [1.82, 2.24) is 0 Å². The smallest absolute Gasteiger partial charge is 1.00 e. The van der Waals surface area contributed by atoms with Crippen molar-refractivity contribution in [2.75, 3.05) is 0 Å². The maximum absolute atomic E-state index is 3.54. The molecule has 0 saturated carbocycles. The number of hydrogen-bond acceptors (Lipinski definition) is 0. The number of hydrogen-bond donors (Lipinski definition) is 0. The molecular weight excluding hydrogens is 430 g/mol. The zero-order chi connectivity index (χ0) is 15.8. The molecule has 24 heavy (non-hydrogen) atoms. The number of allylic oxidation sites excluding steroid dienone is 8. The van der Waals surface area contributed by atoms with Crippen LogP contribution in [0.25, 0.3) is 0 Å². The molecule has 3 aliphatic rings. The summed E-state index contributed by atoms with van der Waals surface area (Å²) in [6.07, 6.45) is 12.0. The van der Waals surface area contributed by atoms with Crippen LogP contribution >= 0.6 is 0 Å². The van der Waals surface area contributed by atoms with Crippen molar-refractivity contribution in [3.8, 4) is 0 Å². The van der Waals surface area contributed by atoms with Crippen LogP contribution in [0.4, 0.5) is 0 Å². The first kappa shape index (κ1) is 26.9. The average Bonchev–Trinajstić information content (AvgIpc) is 2.87. The van der Waals surface area contributed by atoms with Gasteiger partial charge in [0, 0.05) is 8.07 Å². The summed E-state index contributed by atoms with van der Waals surface area (Å²) >= 11 is 0. The summed E-state index contributed by atoms with van der Waals surface area (Å²) in [5.74, 6) is 0. The Balaban J connectivity index is 0. The van der Waals surface area contributed by atoms with Crippen LogP contribution in [0, 0.1) is 17.6 Å². The van der Waals surface area contributed by atoms with E-state index in [0.29, 0.717) is 0 Å². The SMILES string of the molecule is CC1=[C-]C(C)(C)C(C)=C1C.CC1=[C-]C([Si]2(C)CCC2)=CC1.[Cl-].[Cl-].[Zr+4]. The fourth-order valence-corrected chi connectivity index (χ4v) is 6.43. The van der Waals surface area contributed by atoms with Crippen molar-refractivity contribution >= 4 is 8.07 Å². The molecule has 0 amide bonds. The topological polar surface area (TPSA) is 0 Å². The van der Waals surface area contributed by atoms with E-state index in [4.69, 9.17) is 0 Å². The molecule has 2 aliphatic carbocycles. The Morgan fingerprint density at radius 1 is 1.04 bits per heavy atom. The van der Waals surface area contributed by atoms with E-state index in [1.54, 1.807) is 5.20 Å². The maximum Gasteiger partial charge on any atom is 4.00 e. The van der Waals surface area contributed by atoms with E-state index < -0.39 is 8.07 Å². The second kappa shape index (κ2) is 10.1. The molecule has 0 radical (unpaired) electrons. The molecule has 0 aromatic heterocycles. The van der Waals surface area contributed by atoms with E-state index in [1.807, 2.05) is 0 Å². The average molecular weight is 461 g/mol. The molecule has 0 unspecified atom stereocenters. The zero-order valence-electron chi connectivity index (χ0n) is 16.2. The summed E-state index contributed by atoms with van der Waals surface area (Å²) in [6, 6.07) is 3.03. The standard InChI is InChI=1S/C10H15Si.C10H15.2ClH.Zr/c1-9-4-5-10(8-9)11(2)6-3-7-11;1-7-6-10(4,5)9(3)8(7)2;;;/h5H,3-4,6-7H2,1-2H3;1-5H3;2*1H;/q2*-1;;;+4/p-2. The molecule has 0 bridgehead atoms. The Hall–Kier alpha value is 0.640. The van der Waals surface area contributed by atoms with Gasteiger partial charge >= 0.3 is 26.2 Å². The third-order valence-electron chi connectivity index (χ3n) is 5.63. The molecule has 0 N–H and O–H groups in total. The first-order valence-electron chi connectivity index (χ1n) is 8.26. The van der Waals surface area contributed by atoms with Crippen molar-refractivity contribution in [1.29, 1.82) is 0 Å². The summed E-state index contributed by atoms with van der Waals surface area (Å²) in [6.45, 7) is 15.6. The second-order valence-electron chi connectivity index (χ2n) is 7.77. The van der Waals surface area contributed by atoms with Gasteiger partial charge in [-0.3, -0.25) is 12.2 Å². The van der Waals surface area contributed by atoms with Crippen LogP contribution in [0.1, 0.15) is 54.4 Å². The number of halogens is 2. The zero-order valence-corrected chi connectivity index (χ0v) is 21.1. The summed E-state index contributed by atoms with van der Waals surface area (Å²) in [7, 11) is -0.876. The van der Waals surface area contributed by atoms with E-state index >= 15 is 0 Å². The number of rotatable bonds is 1. The molecule has 3 rings (SSSR count). The van der Waals surface area contributed by atoms with Crippen LogP contribution in [0.2, 0.25) is 18.6 Å². The fraction of sp³-hybridized carbons (Fsp3) is 0.600. The quantitative estimate of drug-likeness (QED) is 0.388. The van der Waals surface area contributed by atoms with Crippen molar-refractivity contribution < 1.29 is 51.0 Å². The molecule has 1 heterocycles. The third-order valence-corrected chi connectivity index (χ3v) is 10.2. The van der Waals surface area contributed by atoms with Crippen molar-refractivity contribution in [2.45, 2.75) is 73.0 Å². The molecule has 0 atom stereocenters. The molecule has 0 aromatic carbocycles. The predicted octanol–water partition coefficient (Wildman–Crippen LogP) is 0.205. The van der Waals surface area contributed by atoms with Crippen LogP contribution in [-0.2, 0) is 26.2 Å². The third kappa shape index (κ3) is 5.83. The van der Waals surface area contributed by atoms with Crippen LogP contribution < -0.4 is 24.8 Å². The van der Waals surface area contributed by atoms with E-state index in [9.17, 15) is 0 Å². The summed E-state index contributed by atoms with van der Waals surface area (Å²) < 4.78 is 0. The van der Waals surface area contributed by atoms with Crippen molar-refractivity contribution in [2.24, 2.45) is 5.41 Å². The molecule has 1 fully saturated rings. The molecule has 0 spiro atoms. The van der Waals surface area contributed by atoms with E-state index in [1.165, 1.54) is 47.2 Å². The van der Waals surface area contributed by atoms with Gasteiger partial charge in [0.2, 0.25) is 0 Å². The van der Waals surface area contributed by atoms with E-state index in [2.05, 4.69) is 66.3 Å². The second-order valence-corrected chi connectivity index (χ2v) is 12.4. The van der Waals surface area contributed by atoms with E-state index in [0.717, 1.165) is 0 Å². The Morgan fingerprint density at radius 3 is 1.79 bits per heavy atom. The largest absolute Gasteiger partial charge is 4.00 e. The van der Waals surface area contributed by atoms with Crippen molar-refractivity contribution in [3.63, 3.8) is 0 Å². The molecule has 4 heteroatoms. The molecular formula is C20H30Cl2SiZr.